The second-order valence-electron chi connectivity index (χ2n) is 6.98. The van der Waals surface area contributed by atoms with Crippen LogP contribution in [-0.2, 0) is 11.3 Å². The lowest BCUT2D eigenvalue weighted by Crippen LogP contribution is -2.34. The smallest absolute Gasteiger partial charge is 0.238 e. The molecule has 2 aromatic rings. The average molecular weight is 337 g/mol. The summed E-state index contributed by atoms with van der Waals surface area (Å²) in [5.74, 6) is 0.599. The molecule has 1 amide bonds. The van der Waals surface area contributed by atoms with E-state index in [1.165, 1.54) is 18.4 Å². The molecular formula is C21H27N3O. The molecule has 0 spiro atoms. The molecular weight excluding hydrogens is 310 g/mol. The molecule has 1 aromatic heterocycles. The van der Waals surface area contributed by atoms with E-state index < -0.39 is 0 Å². The molecule has 0 radical (unpaired) electrons. The van der Waals surface area contributed by atoms with Gasteiger partial charge in [0.1, 0.15) is 0 Å². The van der Waals surface area contributed by atoms with E-state index in [-0.39, 0.29) is 5.91 Å². The summed E-state index contributed by atoms with van der Waals surface area (Å²) >= 11 is 0. The summed E-state index contributed by atoms with van der Waals surface area (Å²) in [6.45, 7) is 5.61. The lowest BCUT2D eigenvalue weighted by Gasteiger charge is -2.21. The van der Waals surface area contributed by atoms with Crippen molar-refractivity contribution in [3.63, 3.8) is 0 Å². The zero-order chi connectivity index (χ0) is 17.6. The molecule has 3 rings (SSSR count). The summed E-state index contributed by atoms with van der Waals surface area (Å²) in [5.41, 5.74) is 3.34. The number of aromatic nitrogens is 1. The van der Waals surface area contributed by atoms with Gasteiger partial charge in [0.2, 0.25) is 5.91 Å². The highest BCUT2D eigenvalue weighted by molar-refractivity contribution is 5.92. The maximum Gasteiger partial charge on any atom is 0.238 e. The number of carbonyl (C=O) groups is 1. The topological polar surface area (TPSA) is 45.2 Å². The second kappa shape index (κ2) is 8.26. The largest absolute Gasteiger partial charge is 0.325 e. The van der Waals surface area contributed by atoms with Crippen molar-refractivity contribution in [1.29, 1.82) is 0 Å². The van der Waals surface area contributed by atoms with E-state index in [0.29, 0.717) is 18.5 Å². The molecule has 1 saturated carbocycles. The number of benzene rings is 1. The van der Waals surface area contributed by atoms with E-state index in [1.54, 1.807) is 6.20 Å². The molecule has 0 bridgehead atoms. The van der Waals surface area contributed by atoms with Crippen LogP contribution in [0.4, 0.5) is 5.69 Å². The molecule has 1 aliphatic rings. The van der Waals surface area contributed by atoms with Gasteiger partial charge in [0.05, 0.1) is 6.54 Å². The number of nitrogens with one attached hydrogen (secondary N) is 1. The zero-order valence-corrected chi connectivity index (χ0v) is 15.1. The van der Waals surface area contributed by atoms with Crippen LogP contribution in [0.2, 0.25) is 0 Å². The Kier molecular flexibility index (Phi) is 5.82. The van der Waals surface area contributed by atoms with Crippen LogP contribution >= 0.6 is 0 Å². The number of nitrogens with zero attached hydrogens (tertiary/aromatic N) is 2. The Bertz CT molecular complexity index is 680. The summed E-state index contributed by atoms with van der Waals surface area (Å²) in [6, 6.07) is 12.8. The van der Waals surface area contributed by atoms with E-state index in [9.17, 15) is 4.79 Å². The number of amides is 1. The minimum atomic E-state index is 0.0482. The van der Waals surface area contributed by atoms with Crippen LogP contribution in [0, 0.1) is 0 Å². The van der Waals surface area contributed by atoms with E-state index in [1.807, 2.05) is 24.4 Å². The van der Waals surface area contributed by atoms with Gasteiger partial charge in [-0.2, -0.15) is 0 Å². The molecule has 1 atom stereocenters. The van der Waals surface area contributed by atoms with Crippen molar-refractivity contribution in [3.05, 3.63) is 59.9 Å². The van der Waals surface area contributed by atoms with Crippen molar-refractivity contribution < 1.29 is 4.79 Å². The van der Waals surface area contributed by atoms with Crippen LogP contribution in [0.25, 0.3) is 0 Å². The molecule has 132 valence electrons. The predicted octanol–water partition coefficient (Wildman–Crippen LogP) is 4.20. The van der Waals surface area contributed by atoms with E-state index in [4.69, 9.17) is 0 Å². The van der Waals surface area contributed by atoms with Gasteiger partial charge in [-0.3, -0.25) is 14.7 Å². The highest BCUT2D eigenvalue weighted by Gasteiger charge is 2.30. The Morgan fingerprint density at radius 3 is 2.64 bits per heavy atom. The van der Waals surface area contributed by atoms with Crippen LogP contribution in [0.15, 0.2) is 48.8 Å². The molecule has 0 aliphatic heterocycles. The lowest BCUT2D eigenvalue weighted by atomic mass is 9.99. The number of rotatable bonds is 8. The molecule has 1 heterocycles. The maximum atomic E-state index is 12.5. The molecule has 1 unspecified atom stereocenters. The van der Waals surface area contributed by atoms with Gasteiger partial charge in [-0.1, -0.05) is 32.0 Å². The first-order valence-corrected chi connectivity index (χ1v) is 9.18. The second-order valence-corrected chi connectivity index (χ2v) is 6.98. The van der Waals surface area contributed by atoms with Crippen molar-refractivity contribution in [2.75, 3.05) is 11.9 Å². The van der Waals surface area contributed by atoms with E-state index >= 15 is 0 Å². The van der Waals surface area contributed by atoms with Gasteiger partial charge < -0.3 is 5.32 Å². The monoisotopic (exact) mass is 337 g/mol. The van der Waals surface area contributed by atoms with Gasteiger partial charge in [-0.05, 0) is 54.5 Å². The number of hydrogen-bond donors (Lipinski definition) is 1. The van der Waals surface area contributed by atoms with Crippen LogP contribution in [0.1, 0.15) is 50.2 Å². The highest BCUT2D eigenvalue weighted by Crippen LogP contribution is 2.28. The van der Waals surface area contributed by atoms with Crippen LogP contribution in [0.5, 0.6) is 0 Å². The normalized spacial score (nSPS) is 15.2. The minimum Gasteiger partial charge on any atom is -0.325 e. The van der Waals surface area contributed by atoms with Crippen LogP contribution in [-0.4, -0.2) is 28.4 Å². The van der Waals surface area contributed by atoms with Crippen molar-refractivity contribution in [2.45, 2.75) is 51.6 Å². The molecule has 1 aliphatic carbocycles. The Morgan fingerprint density at radius 1 is 1.28 bits per heavy atom. The molecule has 1 aromatic carbocycles. The van der Waals surface area contributed by atoms with Gasteiger partial charge >= 0.3 is 0 Å². The van der Waals surface area contributed by atoms with Gasteiger partial charge in [0.25, 0.3) is 0 Å². The van der Waals surface area contributed by atoms with Crippen LogP contribution < -0.4 is 5.32 Å². The Hall–Kier alpha value is -2.20. The third-order valence-corrected chi connectivity index (χ3v) is 4.89. The van der Waals surface area contributed by atoms with E-state index in [0.717, 1.165) is 24.2 Å². The standard InChI is InChI=1S/C21H27N3O/c1-3-16(2)18-6-8-19(9-7-18)23-21(25)15-24(20-10-11-20)14-17-5-4-12-22-13-17/h4-9,12-13,16,20H,3,10-11,14-15H2,1-2H3,(H,23,25). The third kappa shape index (κ3) is 5.13. The van der Waals surface area contributed by atoms with Crippen LogP contribution in [0.3, 0.4) is 0 Å². The first kappa shape index (κ1) is 17.6. The Morgan fingerprint density at radius 2 is 2.04 bits per heavy atom. The van der Waals surface area contributed by atoms with Gasteiger partial charge in [0.15, 0.2) is 0 Å². The number of pyridine rings is 1. The maximum absolute atomic E-state index is 12.5. The molecule has 1 fully saturated rings. The first-order valence-electron chi connectivity index (χ1n) is 9.18. The highest BCUT2D eigenvalue weighted by atomic mass is 16.2. The fourth-order valence-corrected chi connectivity index (χ4v) is 3.00. The number of hydrogen-bond acceptors (Lipinski definition) is 3. The van der Waals surface area contributed by atoms with Crippen molar-refractivity contribution >= 4 is 11.6 Å². The summed E-state index contributed by atoms with van der Waals surface area (Å²) < 4.78 is 0. The first-order chi connectivity index (χ1) is 12.2. The van der Waals surface area contributed by atoms with Gasteiger partial charge in [-0.25, -0.2) is 0 Å². The average Bonchev–Trinajstić information content (AvgIpc) is 3.47. The summed E-state index contributed by atoms with van der Waals surface area (Å²) in [4.78, 5) is 18.9. The van der Waals surface area contributed by atoms with Crippen molar-refractivity contribution in [3.8, 4) is 0 Å². The molecule has 1 N–H and O–H groups in total. The Labute approximate surface area is 150 Å². The third-order valence-electron chi connectivity index (χ3n) is 4.89. The SMILES string of the molecule is CCC(C)c1ccc(NC(=O)CN(Cc2cccnc2)C2CC2)cc1. The fourth-order valence-electron chi connectivity index (χ4n) is 3.00. The van der Waals surface area contributed by atoms with Crippen molar-refractivity contribution in [1.82, 2.24) is 9.88 Å². The molecule has 25 heavy (non-hydrogen) atoms. The number of anilines is 1. The molecule has 4 heteroatoms. The van der Waals surface area contributed by atoms with Gasteiger partial charge in [0, 0.05) is 30.7 Å². The van der Waals surface area contributed by atoms with Gasteiger partial charge in [-0.15, -0.1) is 0 Å². The minimum absolute atomic E-state index is 0.0482. The zero-order valence-electron chi connectivity index (χ0n) is 15.1. The summed E-state index contributed by atoms with van der Waals surface area (Å²) in [7, 11) is 0. The predicted molar refractivity (Wildman–Crippen MR) is 101 cm³/mol. The quantitative estimate of drug-likeness (QED) is 0.785. The lowest BCUT2D eigenvalue weighted by molar-refractivity contribution is -0.117. The van der Waals surface area contributed by atoms with Crippen molar-refractivity contribution in [2.24, 2.45) is 0 Å². The number of carbonyl (C=O) groups excluding carboxylic acids is 1. The Balaban J connectivity index is 1.56. The molecule has 4 nitrogen and oxygen atoms in total. The molecule has 0 saturated heterocycles. The summed E-state index contributed by atoms with van der Waals surface area (Å²) in [5, 5.41) is 3.03. The van der Waals surface area contributed by atoms with E-state index in [2.05, 4.69) is 47.2 Å². The summed E-state index contributed by atoms with van der Waals surface area (Å²) in [6.07, 6.45) is 7.13. The fraction of sp³-hybridized carbons (Fsp3) is 0.429.